The summed E-state index contributed by atoms with van der Waals surface area (Å²) in [7, 11) is 0. The van der Waals surface area contributed by atoms with Crippen LogP contribution in [0.2, 0.25) is 0 Å². The lowest BCUT2D eigenvalue weighted by molar-refractivity contribution is -0.146. The average Bonchev–Trinajstić information content (AvgIpc) is 2.76. The predicted molar refractivity (Wildman–Crippen MR) is 120 cm³/mol. The Morgan fingerprint density at radius 2 is 2.19 bits per heavy atom. The molecule has 0 spiro atoms. The first kappa shape index (κ1) is 24.0. The van der Waals surface area contributed by atoms with Crippen LogP contribution < -0.4 is 5.32 Å². The Hall–Kier alpha value is -2.69. The van der Waals surface area contributed by atoms with Gasteiger partial charge in [0.15, 0.2) is 11.5 Å². The molecule has 32 heavy (non-hydrogen) atoms. The second-order valence-corrected chi connectivity index (χ2v) is 8.36. The number of nitrogens with one attached hydrogen (secondary N) is 1. The molecule has 172 valence electrons. The van der Waals surface area contributed by atoms with Crippen LogP contribution in [0.3, 0.4) is 0 Å². The molecule has 1 aromatic rings. The molecule has 0 radical (unpaired) electrons. The number of hydrogen-bond acceptors (Lipinski definition) is 6. The number of unbranched alkanes of at least 4 members (excludes halogenated alkanes) is 1. The van der Waals surface area contributed by atoms with E-state index in [-0.39, 0.29) is 30.0 Å². The number of amides is 2. The van der Waals surface area contributed by atoms with Crippen LogP contribution in [-0.2, 0) is 16.1 Å². The number of likely N-dealkylation sites (N-methyl/N-ethyl adjacent to an activating group) is 1. The van der Waals surface area contributed by atoms with E-state index in [1.54, 1.807) is 12.1 Å². The maximum atomic E-state index is 14.1. The molecular formula is C22H26BrFN4O4. The van der Waals surface area contributed by atoms with Crippen molar-refractivity contribution in [2.45, 2.75) is 32.4 Å². The number of halogens is 2. The zero-order chi connectivity index (χ0) is 23.4. The fourth-order valence-electron chi connectivity index (χ4n) is 3.54. The molecule has 2 heterocycles. The minimum atomic E-state index is -1.67. The van der Waals surface area contributed by atoms with E-state index in [4.69, 9.17) is 0 Å². The van der Waals surface area contributed by atoms with Crippen molar-refractivity contribution in [1.29, 1.82) is 0 Å². The highest BCUT2D eigenvalue weighted by Crippen LogP contribution is 2.31. The Morgan fingerprint density at radius 1 is 1.44 bits per heavy atom. The zero-order valence-electron chi connectivity index (χ0n) is 17.7. The van der Waals surface area contributed by atoms with Crippen LogP contribution >= 0.6 is 15.9 Å². The standard InChI is InChI=1S/C22H26BrFN4O4/c1-3-5-6-9-27-13-26(4-2)22(32)18-20(30)19(29)16(12-28(18)27)21(31)25-11-14-7-8-15(23)10-17(14)24/h3,7-8,10,12,19,29-30H,1,4-6,9,11,13H2,2H3,(H,25,31). The Bertz CT molecular complexity index is 981. The Labute approximate surface area is 194 Å². The van der Waals surface area contributed by atoms with Gasteiger partial charge in [-0.2, -0.15) is 5.01 Å². The van der Waals surface area contributed by atoms with Gasteiger partial charge in [-0.25, -0.2) is 4.39 Å². The summed E-state index contributed by atoms with van der Waals surface area (Å²) in [6.45, 7) is 6.66. The Kier molecular flexibility index (Phi) is 7.70. The molecule has 3 N–H and O–H groups in total. The normalized spacial score (nSPS) is 19.1. The molecule has 8 nitrogen and oxygen atoms in total. The summed E-state index contributed by atoms with van der Waals surface area (Å²) in [6.07, 6.45) is 2.98. The Morgan fingerprint density at radius 3 is 2.84 bits per heavy atom. The average molecular weight is 509 g/mol. The van der Waals surface area contributed by atoms with Gasteiger partial charge in [0.2, 0.25) is 0 Å². The molecular weight excluding hydrogens is 483 g/mol. The molecule has 1 unspecified atom stereocenters. The molecule has 1 saturated heterocycles. The monoisotopic (exact) mass is 508 g/mol. The van der Waals surface area contributed by atoms with Gasteiger partial charge in [-0.05, 0) is 31.9 Å². The predicted octanol–water partition coefficient (Wildman–Crippen LogP) is 2.54. The van der Waals surface area contributed by atoms with Crippen LogP contribution in [0.1, 0.15) is 25.3 Å². The van der Waals surface area contributed by atoms with E-state index in [1.165, 1.54) is 28.2 Å². The quantitative estimate of drug-likeness (QED) is 0.368. The van der Waals surface area contributed by atoms with Crippen molar-refractivity contribution in [3.63, 3.8) is 0 Å². The number of allylic oxidation sites excluding steroid dienone is 1. The largest absolute Gasteiger partial charge is 0.507 e. The molecule has 2 aliphatic rings. The minimum absolute atomic E-state index is 0.0836. The smallest absolute Gasteiger partial charge is 0.276 e. The second-order valence-electron chi connectivity index (χ2n) is 7.45. The first-order valence-corrected chi connectivity index (χ1v) is 11.1. The van der Waals surface area contributed by atoms with Gasteiger partial charge in [0, 0.05) is 35.9 Å². The second kappa shape index (κ2) is 10.3. The summed E-state index contributed by atoms with van der Waals surface area (Å²) in [5, 5.41) is 27.0. The van der Waals surface area contributed by atoms with Crippen LogP contribution in [0.15, 0.2) is 58.6 Å². The number of rotatable bonds is 8. The molecule has 2 aliphatic heterocycles. The topological polar surface area (TPSA) is 96.4 Å². The molecule has 0 bridgehead atoms. The van der Waals surface area contributed by atoms with Crippen LogP contribution in [0.4, 0.5) is 4.39 Å². The number of carbonyl (C=O) groups is 2. The highest BCUT2D eigenvalue weighted by atomic mass is 79.9. The van der Waals surface area contributed by atoms with E-state index in [2.05, 4.69) is 27.8 Å². The maximum Gasteiger partial charge on any atom is 0.276 e. The fraction of sp³-hybridized carbons (Fsp3) is 0.364. The number of hydrogen-bond donors (Lipinski definition) is 3. The van der Waals surface area contributed by atoms with Crippen LogP contribution in [0.5, 0.6) is 0 Å². The molecule has 0 saturated carbocycles. The van der Waals surface area contributed by atoms with Crippen molar-refractivity contribution in [3.05, 3.63) is 69.9 Å². The third-order valence-electron chi connectivity index (χ3n) is 5.34. The number of aliphatic hydroxyl groups is 2. The zero-order valence-corrected chi connectivity index (χ0v) is 19.3. The van der Waals surface area contributed by atoms with E-state index in [0.717, 1.165) is 12.8 Å². The molecule has 2 amide bonds. The molecule has 1 fully saturated rings. The SMILES string of the molecule is C=CCCCN1CN(CC)C(=O)C2=C(O)C(O)C(C(=O)NCc3ccc(Br)cc3F)=CN21. The number of fused-ring (bicyclic) bond motifs is 1. The summed E-state index contributed by atoms with van der Waals surface area (Å²) < 4.78 is 14.6. The van der Waals surface area contributed by atoms with Crippen LogP contribution in [0.25, 0.3) is 0 Å². The molecule has 1 aromatic carbocycles. The molecule has 10 heteroatoms. The first-order valence-electron chi connectivity index (χ1n) is 10.3. The fourth-order valence-corrected chi connectivity index (χ4v) is 3.87. The van der Waals surface area contributed by atoms with Gasteiger partial charge < -0.3 is 20.4 Å². The van der Waals surface area contributed by atoms with Gasteiger partial charge in [-0.3, -0.25) is 14.6 Å². The lowest BCUT2D eigenvalue weighted by Crippen LogP contribution is -2.58. The van der Waals surface area contributed by atoms with Crippen molar-refractivity contribution in [1.82, 2.24) is 20.2 Å². The van der Waals surface area contributed by atoms with E-state index < -0.39 is 29.5 Å². The third-order valence-corrected chi connectivity index (χ3v) is 5.83. The highest BCUT2D eigenvalue weighted by molar-refractivity contribution is 9.10. The summed E-state index contributed by atoms with van der Waals surface area (Å²) in [5.41, 5.74) is 0.0423. The van der Waals surface area contributed by atoms with Crippen molar-refractivity contribution in [2.75, 3.05) is 19.8 Å². The first-order chi connectivity index (χ1) is 15.3. The molecule has 0 aromatic heterocycles. The van der Waals surface area contributed by atoms with Crippen LogP contribution in [-0.4, -0.2) is 62.8 Å². The van der Waals surface area contributed by atoms with Gasteiger partial charge in [-0.15, -0.1) is 6.58 Å². The molecule has 1 atom stereocenters. The van der Waals surface area contributed by atoms with Gasteiger partial charge in [0.1, 0.15) is 11.9 Å². The minimum Gasteiger partial charge on any atom is -0.507 e. The van der Waals surface area contributed by atoms with Crippen LogP contribution in [0, 0.1) is 5.82 Å². The van der Waals surface area contributed by atoms with Crippen molar-refractivity contribution >= 4 is 27.7 Å². The summed E-state index contributed by atoms with van der Waals surface area (Å²) >= 11 is 3.18. The molecule has 3 rings (SSSR count). The van der Waals surface area contributed by atoms with Crippen molar-refractivity contribution in [2.24, 2.45) is 0 Å². The van der Waals surface area contributed by atoms with E-state index in [0.29, 0.717) is 17.6 Å². The number of aliphatic hydroxyl groups excluding tert-OH is 2. The lowest BCUT2D eigenvalue weighted by Gasteiger charge is -2.46. The number of carbonyl (C=O) groups excluding carboxylic acids is 2. The van der Waals surface area contributed by atoms with E-state index in [9.17, 15) is 24.2 Å². The highest BCUT2D eigenvalue weighted by Gasteiger charge is 2.42. The number of hydrazine groups is 1. The third kappa shape index (κ3) is 4.87. The van der Waals surface area contributed by atoms with E-state index >= 15 is 0 Å². The van der Waals surface area contributed by atoms with Gasteiger partial charge in [-0.1, -0.05) is 28.1 Å². The number of benzene rings is 1. The Balaban J connectivity index is 1.84. The summed E-state index contributed by atoms with van der Waals surface area (Å²) in [6, 6.07) is 4.47. The lowest BCUT2D eigenvalue weighted by atomic mass is 10.0. The maximum absolute atomic E-state index is 14.1. The van der Waals surface area contributed by atoms with Gasteiger partial charge >= 0.3 is 0 Å². The van der Waals surface area contributed by atoms with Gasteiger partial charge in [0.25, 0.3) is 11.8 Å². The van der Waals surface area contributed by atoms with Crippen molar-refractivity contribution in [3.8, 4) is 0 Å². The van der Waals surface area contributed by atoms with E-state index in [1.807, 2.05) is 11.9 Å². The summed E-state index contributed by atoms with van der Waals surface area (Å²) in [5.74, 6) is -2.19. The summed E-state index contributed by atoms with van der Waals surface area (Å²) in [4.78, 5) is 27.1. The number of nitrogens with zero attached hydrogens (tertiary/aromatic N) is 3. The molecule has 0 aliphatic carbocycles. The van der Waals surface area contributed by atoms with Crippen molar-refractivity contribution < 1.29 is 24.2 Å². The van der Waals surface area contributed by atoms with Gasteiger partial charge in [0.05, 0.1) is 12.2 Å².